The molecular formula is C16H25N3O3. The smallest absolute Gasteiger partial charge is 0.408 e. The standard InChI is InChI=1S/C16H25N3O3/c1-16(2,3)22-15(21)19-13(10-7-11-17)14(20)18-12-8-5-4-6-9-12/h4-6,8-9,13H,7,10-11,17H2,1-3H3,(H,18,20)(H,19,21)/t13-/m0/s1. The van der Waals surface area contributed by atoms with E-state index < -0.39 is 17.7 Å². The van der Waals surface area contributed by atoms with E-state index in [1.165, 1.54) is 0 Å². The Morgan fingerprint density at radius 1 is 1.23 bits per heavy atom. The first kappa shape index (κ1) is 18.0. The van der Waals surface area contributed by atoms with Crippen molar-refractivity contribution < 1.29 is 14.3 Å². The van der Waals surface area contributed by atoms with Crippen LogP contribution in [0.15, 0.2) is 30.3 Å². The van der Waals surface area contributed by atoms with Crippen molar-refractivity contribution in [1.29, 1.82) is 0 Å². The third kappa shape index (κ3) is 7.08. The molecule has 0 aliphatic heterocycles. The van der Waals surface area contributed by atoms with E-state index in [1.54, 1.807) is 32.9 Å². The fourth-order valence-electron chi connectivity index (χ4n) is 1.79. The lowest BCUT2D eigenvalue weighted by Gasteiger charge is -2.23. The van der Waals surface area contributed by atoms with Crippen molar-refractivity contribution in [1.82, 2.24) is 5.32 Å². The van der Waals surface area contributed by atoms with E-state index >= 15 is 0 Å². The van der Waals surface area contributed by atoms with Crippen LogP contribution in [-0.2, 0) is 9.53 Å². The van der Waals surface area contributed by atoms with E-state index in [-0.39, 0.29) is 5.91 Å². The second kappa shape index (κ2) is 8.38. The SMILES string of the molecule is CC(C)(C)OC(=O)N[C@@H](CCCN)C(=O)Nc1ccccc1. The maximum absolute atomic E-state index is 12.3. The summed E-state index contributed by atoms with van der Waals surface area (Å²) in [4.78, 5) is 24.1. The lowest BCUT2D eigenvalue weighted by molar-refractivity contribution is -0.118. The van der Waals surface area contributed by atoms with Gasteiger partial charge in [0, 0.05) is 5.69 Å². The zero-order valence-electron chi connectivity index (χ0n) is 13.4. The van der Waals surface area contributed by atoms with Gasteiger partial charge < -0.3 is 21.1 Å². The lowest BCUT2D eigenvalue weighted by Crippen LogP contribution is -2.46. The van der Waals surface area contributed by atoms with Crippen molar-refractivity contribution in [3.63, 3.8) is 0 Å². The molecule has 22 heavy (non-hydrogen) atoms. The number of alkyl carbamates (subject to hydrolysis) is 1. The molecule has 0 spiro atoms. The summed E-state index contributed by atoms with van der Waals surface area (Å²) in [5.74, 6) is -0.287. The van der Waals surface area contributed by atoms with Crippen molar-refractivity contribution in [2.24, 2.45) is 5.73 Å². The van der Waals surface area contributed by atoms with Crippen molar-refractivity contribution in [2.45, 2.75) is 45.3 Å². The van der Waals surface area contributed by atoms with Gasteiger partial charge in [0.1, 0.15) is 11.6 Å². The van der Waals surface area contributed by atoms with Gasteiger partial charge >= 0.3 is 6.09 Å². The molecule has 0 fully saturated rings. The first-order valence-corrected chi connectivity index (χ1v) is 7.37. The summed E-state index contributed by atoms with van der Waals surface area (Å²) in [6.07, 6.45) is 0.467. The molecule has 4 N–H and O–H groups in total. The molecule has 1 aromatic rings. The van der Waals surface area contributed by atoms with E-state index in [0.717, 1.165) is 0 Å². The quantitative estimate of drug-likeness (QED) is 0.751. The number of para-hydroxylation sites is 1. The van der Waals surface area contributed by atoms with Crippen LogP contribution in [0, 0.1) is 0 Å². The molecule has 6 nitrogen and oxygen atoms in total. The number of ether oxygens (including phenoxy) is 1. The number of carbonyl (C=O) groups is 2. The first-order valence-electron chi connectivity index (χ1n) is 7.37. The summed E-state index contributed by atoms with van der Waals surface area (Å²) in [6.45, 7) is 5.76. The predicted molar refractivity (Wildman–Crippen MR) is 86.5 cm³/mol. The van der Waals surface area contributed by atoms with Gasteiger partial charge in [-0.1, -0.05) is 18.2 Å². The van der Waals surface area contributed by atoms with Crippen LogP contribution in [0.1, 0.15) is 33.6 Å². The summed E-state index contributed by atoms with van der Waals surface area (Å²) in [7, 11) is 0. The Balaban J connectivity index is 2.66. The van der Waals surface area contributed by atoms with Gasteiger partial charge in [-0.25, -0.2) is 4.79 Å². The molecule has 0 aliphatic carbocycles. The average Bonchev–Trinajstić information content (AvgIpc) is 2.42. The van der Waals surface area contributed by atoms with Crippen LogP contribution < -0.4 is 16.4 Å². The molecule has 0 aliphatic rings. The number of nitrogens with one attached hydrogen (secondary N) is 2. The van der Waals surface area contributed by atoms with Crippen LogP contribution in [0.2, 0.25) is 0 Å². The molecule has 1 atom stereocenters. The third-order valence-electron chi connectivity index (χ3n) is 2.75. The molecular weight excluding hydrogens is 282 g/mol. The predicted octanol–water partition coefficient (Wildman–Crippen LogP) is 2.26. The maximum atomic E-state index is 12.3. The van der Waals surface area contributed by atoms with Gasteiger partial charge in [0.25, 0.3) is 0 Å². The van der Waals surface area contributed by atoms with E-state index in [0.29, 0.717) is 25.1 Å². The zero-order chi connectivity index (χ0) is 16.6. The Hall–Kier alpha value is -2.08. The molecule has 0 saturated carbocycles. The number of nitrogens with two attached hydrogens (primary N) is 1. The van der Waals surface area contributed by atoms with Crippen LogP contribution in [0.4, 0.5) is 10.5 Å². The van der Waals surface area contributed by atoms with Gasteiger partial charge in [-0.2, -0.15) is 0 Å². The summed E-state index contributed by atoms with van der Waals surface area (Å²) >= 11 is 0. The average molecular weight is 307 g/mol. The van der Waals surface area contributed by atoms with Crippen molar-refractivity contribution in [2.75, 3.05) is 11.9 Å². The molecule has 1 rings (SSSR count). The maximum Gasteiger partial charge on any atom is 0.408 e. The fraction of sp³-hybridized carbons (Fsp3) is 0.500. The number of carbonyl (C=O) groups excluding carboxylic acids is 2. The van der Waals surface area contributed by atoms with E-state index in [2.05, 4.69) is 10.6 Å². The second-order valence-electron chi connectivity index (χ2n) is 5.98. The molecule has 0 heterocycles. The van der Waals surface area contributed by atoms with Gasteiger partial charge in [0.05, 0.1) is 0 Å². The molecule has 0 unspecified atom stereocenters. The Morgan fingerprint density at radius 3 is 2.41 bits per heavy atom. The number of hydrogen-bond donors (Lipinski definition) is 3. The number of rotatable bonds is 6. The molecule has 2 amide bonds. The molecule has 6 heteroatoms. The van der Waals surface area contributed by atoms with Crippen molar-refractivity contribution in [3.8, 4) is 0 Å². The van der Waals surface area contributed by atoms with Crippen LogP contribution in [0.3, 0.4) is 0 Å². The monoisotopic (exact) mass is 307 g/mol. The summed E-state index contributed by atoms with van der Waals surface area (Å²) in [5.41, 5.74) is 5.55. The largest absolute Gasteiger partial charge is 0.444 e. The summed E-state index contributed by atoms with van der Waals surface area (Å²) in [6, 6.07) is 8.40. The van der Waals surface area contributed by atoms with Gasteiger partial charge in [-0.15, -0.1) is 0 Å². The van der Waals surface area contributed by atoms with E-state index in [4.69, 9.17) is 10.5 Å². The van der Waals surface area contributed by atoms with Gasteiger partial charge in [0.15, 0.2) is 0 Å². The Bertz CT molecular complexity index is 483. The van der Waals surface area contributed by atoms with E-state index in [1.807, 2.05) is 18.2 Å². The summed E-state index contributed by atoms with van der Waals surface area (Å²) < 4.78 is 5.19. The van der Waals surface area contributed by atoms with Crippen molar-refractivity contribution in [3.05, 3.63) is 30.3 Å². The zero-order valence-corrected chi connectivity index (χ0v) is 13.4. The van der Waals surface area contributed by atoms with Gasteiger partial charge in [-0.3, -0.25) is 4.79 Å². The van der Waals surface area contributed by atoms with Crippen molar-refractivity contribution >= 4 is 17.7 Å². The normalized spacial score (nSPS) is 12.4. The number of amides is 2. The highest BCUT2D eigenvalue weighted by molar-refractivity contribution is 5.96. The number of hydrogen-bond acceptors (Lipinski definition) is 4. The van der Waals surface area contributed by atoms with Crippen LogP contribution in [0.25, 0.3) is 0 Å². The number of anilines is 1. The molecule has 0 aromatic heterocycles. The second-order valence-corrected chi connectivity index (χ2v) is 5.98. The molecule has 0 bridgehead atoms. The molecule has 1 aromatic carbocycles. The van der Waals surface area contributed by atoms with Gasteiger partial charge in [-0.05, 0) is 52.3 Å². The first-order chi connectivity index (χ1) is 10.3. The Kier molecular flexibility index (Phi) is 6.85. The van der Waals surface area contributed by atoms with E-state index in [9.17, 15) is 9.59 Å². The summed E-state index contributed by atoms with van der Waals surface area (Å²) in [5, 5.41) is 5.37. The third-order valence-corrected chi connectivity index (χ3v) is 2.75. The number of benzene rings is 1. The fourth-order valence-corrected chi connectivity index (χ4v) is 1.79. The van der Waals surface area contributed by atoms with Crippen LogP contribution in [0.5, 0.6) is 0 Å². The van der Waals surface area contributed by atoms with Crippen LogP contribution in [-0.4, -0.2) is 30.2 Å². The Labute approximate surface area is 131 Å². The Morgan fingerprint density at radius 2 is 1.86 bits per heavy atom. The van der Waals surface area contributed by atoms with Crippen LogP contribution >= 0.6 is 0 Å². The minimum atomic E-state index is -0.682. The molecule has 122 valence electrons. The minimum absolute atomic E-state index is 0.287. The highest BCUT2D eigenvalue weighted by Crippen LogP contribution is 2.10. The molecule has 0 radical (unpaired) electrons. The van der Waals surface area contributed by atoms with Gasteiger partial charge in [0.2, 0.25) is 5.91 Å². The molecule has 0 saturated heterocycles. The highest BCUT2D eigenvalue weighted by atomic mass is 16.6. The highest BCUT2D eigenvalue weighted by Gasteiger charge is 2.24. The minimum Gasteiger partial charge on any atom is -0.444 e. The lowest BCUT2D eigenvalue weighted by atomic mass is 10.1. The topological polar surface area (TPSA) is 93.4 Å².